The lowest BCUT2D eigenvalue weighted by Crippen LogP contribution is -2.41. The van der Waals surface area contributed by atoms with Crippen LogP contribution in [0.15, 0.2) is 30.5 Å². The number of benzene rings is 1. The predicted octanol–water partition coefficient (Wildman–Crippen LogP) is 2.31. The number of hydrogen-bond donors (Lipinski definition) is 1. The third kappa shape index (κ3) is 2.88. The van der Waals surface area contributed by atoms with Crippen LogP contribution in [0.5, 0.6) is 0 Å². The van der Waals surface area contributed by atoms with Gasteiger partial charge in [0, 0.05) is 19.1 Å². The molecule has 1 amide bonds. The van der Waals surface area contributed by atoms with Gasteiger partial charge in [0.15, 0.2) is 0 Å². The van der Waals surface area contributed by atoms with Crippen molar-refractivity contribution in [2.75, 3.05) is 20.1 Å². The first-order valence-electron chi connectivity index (χ1n) is 8.19. The summed E-state index contributed by atoms with van der Waals surface area (Å²) in [5.41, 5.74) is 3.78. The van der Waals surface area contributed by atoms with E-state index in [4.69, 9.17) is 0 Å². The molecule has 0 saturated carbocycles. The maximum absolute atomic E-state index is 12.9. The van der Waals surface area contributed by atoms with Gasteiger partial charge < -0.3 is 10.2 Å². The topological polar surface area (TPSA) is 50.2 Å². The molecule has 23 heavy (non-hydrogen) atoms. The number of likely N-dealkylation sites (tertiary alicyclic amines) is 1. The summed E-state index contributed by atoms with van der Waals surface area (Å²) in [6, 6.07) is 8.38. The van der Waals surface area contributed by atoms with Crippen molar-refractivity contribution in [2.45, 2.75) is 32.7 Å². The Morgan fingerprint density at radius 3 is 2.87 bits per heavy atom. The summed E-state index contributed by atoms with van der Waals surface area (Å²) in [6.07, 6.45) is 3.85. The minimum Gasteiger partial charge on any atom is -0.334 e. The highest BCUT2D eigenvalue weighted by Gasteiger charge is 2.30. The molecule has 0 bridgehead atoms. The van der Waals surface area contributed by atoms with Crippen LogP contribution in [0.2, 0.25) is 0 Å². The van der Waals surface area contributed by atoms with E-state index in [-0.39, 0.29) is 11.9 Å². The summed E-state index contributed by atoms with van der Waals surface area (Å²) in [4.78, 5) is 14.9. The second-order valence-corrected chi connectivity index (χ2v) is 6.19. The summed E-state index contributed by atoms with van der Waals surface area (Å²) in [6.45, 7) is 5.70. The minimum atomic E-state index is 0.0973. The van der Waals surface area contributed by atoms with Crippen molar-refractivity contribution in [3.05, 3.63) is 47.3 Å². The maximum Gasteiger partial charge on any atom is 0.257 e. The number of nitrogens with zero attached hydrogens (tertiary/aromatic N) is 3. The Balaban J connectivity index is 1.90. The summed E-state index contributed by atoms with van der Waals surface area (Å²) in [7, 11) is 1.93. The lowest BCUT2D eigenvalue weighted by Gasteiger charge is -2.24. The molecule has 0 radical (unpaired) electrons. The van der Waals surface area contributed by atoms with Crippen molar-refractivity contribution in [2.24, 2.45) is 0 Å². The molecule has 1 N–H and O–H groups in total. The van der Waals surface area contributed by atoms with Crippen molar-refractivity contribution < 1.29 is 4.79 Å². The monoisotopic (exact) mass is 312 g/mol. The molecule has 1 unspecified atom stereocenters. The Morgan fingerprint density at radius 1 is 1.35 bits per heavy atom. The SMILES string of the molecule is CNCC1CCCN1C(=O)c1cnn(-c2ccccc2C)c1C. The van der Waals surface area contributed by atoms with E-state index in [1.165, 1.54) is 0 Å². The highest BCUT2D eigenvalue weighted by atomic mass is 16.2. The molecule has 1 aliphatic rings. The number of para-hydroxylation sites is 1. The minimum absolute atomic E-state index is 0.0973. The van der Waals surface area contributed by atoms with Crippen molar-refractivity contribution in [1.29, 1.82) is 0 Å². The van der Waals surface area contributed by atoms with E-state index in [0.29, 0.717) is 5.56 Å². The zero-order chi connectivity index (χ0) is 16.4. The molecular weight excluding hydrogens is 288 g/mol. The van der Waals surface area contributed by atoms with E-state index >= 15 is 0 Å². The lowest BCUT2D eigenvalue weighted by molar-refractivity contribution is 0.0736. The van der Waals surface area contributed by atoms with E-state index in [2.05, 4.69) is 23.4 Å². The third-order valence-electron chi connectivity index (χ3n) is 4.66. The van der Waals surface area contributed by atoms with Gasteiger partial charge in [-0.15, -0.1) is 0 Å². The second-order valence-electron chi connectivity index (χ2n) is 6.19. The number of amides is 1. The third-order valence-corrected chi connectivity index (χ3v) is 4.66. The van der Waals surface area contributed by atoms with Crippen LogP contribution in [-0.2, 0) is 0 Å². The average molecular weight is 312 g/mol. The van der Waals surface area contributed by atoms with Crippen molar-refractivity contribution in [3.8, 4) is 5.69 Å². The highest BCUT2D eigenvalue weighted by Crippen LogP contribution is 2.23. The number of aryl methyl sites for hydroxylation is 1. The van der Waals surface area contributed by atoms with Crippen LogP contribution in [0.4, 0.5) is 0 Å². The molecule has 1 fully saturated rings. The molecule has 1 saturated heterocycles. The van der Waals surface area contributed by atoms with Gasteiger partial charge in [0.05, 0.1) is 23.1 Å². The van der Waals surface area contributed by atoms with Crippen LogP contribution in [-0.4, -0.2) is 46.8 Å². The van der Waals surface area contributed by atoms with Gasteiger partial charge in [-0.3, -0.25) is 4.79 Å². The van der Waals surface area contributed by atoms with Gasteiger partial charge >= 0.3 is 0 Å². The van der Waals surface area contributed by atoms with Gasteiger partial charge in [-0.1, -0.05) is 18.2 Å². The number of likely N-dealkylation sites (N-methyl/N-ethyl adjacent to an activating group) is 1. The molecule has 2 aromatic rings. The number of hydrogen-bond acceptors (Lipinski definition) is 3. The highest BCUT2D eigenvalue weighted by molar-refractivity contribution is 5.95. The van der Waals surface area contributed by atoms with Crippen LogP contribution < -0.4 is 5.32 Å². The zero-order valence-electron chi connectivity index (χ0n) is 14.0. The molecule has 2 heterocycles. The van der Waals surface area contributed by atoms with Crippen LogP contribution in [0.25, 0.3) is 5.69 Å². The van der Waals surface area contributed by atoms with Crippen LogP contribution in [0, 0.1) is 13.8 Å². The van der Waals surface area contributed by atoms with Crippen LogP contribution in [0.1, 0.15) is 34.5 Å². The average Bonchev–Trinajstić information content (AvgIpc) is 3.15. The van der Waals surface area contributed by atoms with Gasteiger partial charge in [-0.25, -0.2) is 4.68 Å². The van der Waals surface area contributed by atoms with Crippen LogP contribution in [0.3, 0.4) is 0 Å². The first kappa shape index (κ1) is 15.7. The van der Waals surface area contributed by atoms with E-state index in [9.17, 15) is 4.79 Å². The van der Waals surface area contributed by atoms with E-state index in [1.54, 1.807) is 6.20 Å². The normalized spacial score (nSPS) is 17.7. The fraction of sp³-hybridized carbons (Fsp3) is 0.444. The largest absolute Gasteiger partial charge is 0.334 e. The number of carbonyl (C=O) groups excluding carboxylic acids is 1. The first-order chi connectivity index (χ1) is 11.1. The molecule has 0 spiro atoms. The molecule has 1 atom stereocenters. The summed E-state index contributed by atoms with van der Waals surface area (Å²) >= 11 is 0. The van der Waals surface area contributed by atoms with E-state index < -0.39 is 0 Å². The fourth-order valence-corrected chi connectivity index (χ4v) is 3.37. The smallest absolute Gasteiger partial charge is 0.257 e. The molecule has 5 nitrogen and oxygen atoms in total. The maximum atomic E-state index is 12.9. The van der Waals surface area contributed by atoms with Crippen LogP contribution >= 0.6 is 0 Å². The number of rotatable bonds is 4. The molecule has 3 rings (SSSR count). The summed E-state index contributed by atoms with van der Waals surface area (Å²) in [5.74, 6) is 0.0973. The van der Waals surface area contributed by atoms with Gasteiger partial charge in [0.25, 0.3) is 5.91 Å². The predicted molar refractivity (Wildman–Crippen MR) is 91.0 cm³/mol. The molecular formula is C18H24N4O. The Labute approximate surface area is 137 Å². The van der Waals surface area contributed by atoms with E-state index in [1.807, 2.05) is 41.8 Å². The van der Waals surface area contributed by atoms with Crippen molar-refractivity contribution >= 4 is 5.91 Å². The lowest BCUT2D eigenvalue weighted by atomic mass is 10.1. The Hall–Kier alpha value is -2.14. The molecule has 0 aliphatic carbocycles. The quantitative estimate of drug-likeness (QED) is 0.942. The van der Waals surface area contributed by atoms with Crippen molar-refractivity contribution in [1.82, 2.24) is 20.0 Å². The number of nitrogens with one attached hydrogen (secondary N) is 1. The Morgan fingerprint density at radius 2 is 2.13 bits per heavy atom. The molecule has 122 valence electrons. The zero-order valence-corrected chi connectivity index (χ0v) is 14.0. The number of carbonyl (C=O) groups is 1. The molecule has 1 aliphatic heterocycles. The summed E-state index contributed by atoms with van der Waals surface area (Å²) in [5, 5.41) is 7.65. The van der Waals surface area contributed by atoms with Gasteiger partial charge in [0.1, 0.15) is 0 Å². The molecule has 1 aromatic heterocycles. The Bertz CT molecular complexity index is 707. The van der Waals surface area contributed by atoms with Crippen molar-refractivity contribution in [3.63, 3.8) is 0 Å². The molecule has 1 aromatic carbocycles. The Kier molecular flexibility index (Phi) is 4.48. The summed E-state index contributed by atoms with van der Waals surface area (Å²) < 4.78 is 1.87. The molecule has 5 heteroatoms. The number of aromatic nitrogens is 2. The first-order valence-corrected chi connectivity index (χ1v) is 8.19. The van der Waals surface area contributed by atoms with Gasteiger partial charge in [-0.2, -0.15) is 5.10 Å². The van der Waals surface area contributed by atoms with Gasteiger partial charge in [-0.05, 0) is 45.4 Å². The standard InChI is InChI=1S/C18H24N4O/c1-13-7-4-5-9-17(13)22-14(2)16(12-20-22)18(23)21-10-6-8-15(21)11-19-3/h4-5,7,9,12,15,19H,6,8,10-11H2,1-3H3. The second kappa shape index (κ2) is 6.54. The fourth-order valence-electron chi connectivity index (χ4n) is 3.37. The van der Waals surface area contributed by atoms with Gasteiger partial charge in [0.2, 0.25) is 0 Å². The van der Waals surface area contributed by atoms with E-state index in [0.717, 1.165) is 42.9 Å².